The number of carbonyl (C=O) groups excluding carboxylic acids is 1. The fraction of sp³-hybridized carbons (Fsp3) is 0.500. The highest BCUT2D eigenvalue weighted by Crippen LogP contribution is 2.33. The standard InChI is InChI=1S/C32H41N7O4.C2H6/c1-20-6-8-23(9-7-20)14-18-43-32(42)38-27(31(40)41)19-34-28-21(2)30(36-22(3)35-28)39-16-12-24(13-17-39)26-11-10-25-5-4-15-33-29(25)37-26;1-2/h6-11,24,27H,4-5,12-19H2,1-3H3,(H,33,37)(H,38,42)(H,40,41)(H,34,35,36);1-2H3. The van der Waals surface area contributed by atoms with E-state index in [1.807, 2.05) is 58.9 Å². The predicted molar refractivity (Wildman–Crippen MR) is 177 cm³/mol. The molecule has 1 saturated heterocycles. The number of nitrogens with one attached hydrogen (secondary N) is 3. The maximum Gasteiger partial charge on any atom is 0.407 e. The number of amides is 1. The fourth-order valence-electron chi connectivity index (χ4n) is 5.65. The van der Waals surface area contributed by atoms with Gasteiger partial charge in [-0.25, -0.2) is 24.5 Å². The van der Waals surface area contributed by atoms with Gasteiger partial charge in [-0.2, -0.15) is 0 Å². The molecule has 1 amide bonds. The number of carboxylic acid groups (broad SMARTS) is 1. The van der Waals surface area contributed by atoms with Crippen molar-refractivity contribution in [2.45, 2.75) is 78.7 Å². The number of benzene rings is 1. The van der Waals surface area contributed by atoms with Crippen LogP contribution in [-0.4, -0.2) is 70.9 Å². The van der Waals surface area contributed by atoms with E-state index in [0.717, 1.165) is 79.3 Å². The number of hydrogen-bond acceptors (Lipinski definition) is 9. The molecule has 1 aromatic carbocycles. The lowest BCUT2D eigenvalue weighted by Crippen LogP contribution is -2.45. The molecule has 1 fully saturated rings. The van der Waals surface area contributed by atoms with Crippen LogP contribution in [0.4, 0.5) is 22.2 Å². The summed E-state index contributed by atoms with van der Waals surface area (Å²) in [6.07, 6.45) is 3.94. The Balaban J connectivity index is 0.00000226. The molecule has 0 saturated carbocycles. The third kappa shape index (κ3) is 9.06. The van der Waals surface area contributed by atoms with Crippen LogP contribution in [0.1, 0.15) is 72.8 Å². The third-order valence-electron chi connectivity index (χ3n) is 8.17. The lowest BCUT2D eigenvalue weighted by Gasteiger charge is -2.34. The minimum Gasteiger partial charge on any atom is -0.480 e. The van der Waals surface area contributed by atoms with Crippen molar-refractivity contribution < 1.29 is 19.4 Å². The molecular weight excluding hydrogens is 570 g/mol. The van der Waals surface area contributed by atoms with Crippen molar-refractivity contribution in [3.8, 4) is 0 Å². The van der Waals surface area contributed by atoms with Crippen molar-refractivity contribution in [1.29, 1.82) is 0 Å². The number of aliphatic carboxylic acids is 1. The van der Waals surface area contributed by atoms with E-state index in [-0.39, 0.29) is 13.2 Å². The second kappa shape index (κ2) is 16.1. The number of hydrogen-bond donors (Lipinski definition) is 4. The number of aryl methyl sites for hydroxylation is 3. The van der Waals surface area contributed by atoms with E-state index in [1.54, 1.807) is 0 Å². The van der Waals surface area contributed by atoms with Crippen LogP contribution in [-0.2, 0) is 22.4 Å². The molecule has 0 aliphatic carbocycles. The van der Waals surface area contributed by atoms with Gasteiger partial charge in [-0.05, 0) is 63.6 Å². The van der Waals surface area contributed by atoms with Crippen LogP contribution in [0.15, 0.2) is 36.4 Å². The number of carboxylic acids is 1. The Kier molecular flexibility index (Phi) is 11.9. The quantitative estimate of drug-likeness (QED) is 0.234. The average Bonchev–Trinajstić information content (AvgIpc) is 3.06. The lowest BCUT2D eigenvalue weighted by molar-refractivity contribution is -0.138. The van der Waals surface area contributed by atoms with Gasteiger partial charge in [0.25, 0.3) is 0 Å². The van der Waals surface area contributed by atoms with Crippen LogP contribution in [0, 0.1) is 20.8 Å². The summed E-state index contributed by atoms with van der Waals surface area (Å²) in [5.41, 5.74) is 5.48. The van der Waals surface area contributed by atoms with Gasteiger partial charge in [0.2, 0.25) is 0 Å². The summed E-state index contributed by atoms with van der Waals surface area (Å²) in [5, 5.41) is 18.7. The van der Waals surface area contributed by atoms with E-state index in [0.29, 0.717) is 24.0 Å². The summed E-state index contributed by atoms with van der Waals surface area (Å²) in [4.78, 5) is 40.7. The second-order valence-corrected chi connectivity index (χ2v) is 11.4. The third-order valence-corrected chi connectivity index (χ3v) is 8.17. The first kappa shape index (κ1) is 33.5. The summed E-state index contributed by atoms with van der Waals surface area (Å²) >= 11 is 0. The molecule has 2 aromatic heterocycles. The maximum atomic E-state index is 12.3. The van der Waals surface area contributed by atoms with Crippen LogP contribution in [0.5, 0.6) is 0 Å². The van der Waals surface area contributed by atoms with Gasteiger partial charge in [0.15, 0.2) is 0 Å². The molecule has 2 aliphatic rings. The molecule has 1 unspecified atom stereocenters. The van der Waals surface area contributed by atoms with Gasteiger partial charge in [-0.15, -0.1) is 0 Å². The van der Waals surface area contributed by atoms with Crippen LogP contribution < -0.4 is 20.9 Å². The van der Waals surface area contributed by atoms with E-state index in [9.17, 15) is 14.7 Å². The van der Waals surface area contributed by atoms with Crippen LogP contribution in [0.25, 0.3) is 0 Å². The Morgan fingerprint density at radius 3 is 2.49 bits per heavy atom. The van der Waals surface area contributed by atoms with E-state index in [1.165, 1.54) is 5.56 Å². The van der Waals surface area contributed by atoms with Crippen molar-refractivity contribution in [3.05, 3.63) is 70.2 Å². The molecule has 242 valence electrons. The molecule has 45 heavy (non-hydrogen) atoms. The number of piperidine rings is 1. The van der Waals surface area contributed by atoms with Crippen LogP contribution in [0.2, 0.25) is 0 Å². The van der Waals surface area contributed by atoms with Gasteiger partial charge in [0.1, 0.15) is 29.3 Å². The lowest BCUT2D eigenvalue weighted by atomic mass is 9.92. The number of aromatic nitrogens is 3. The van der Waals surface area contributed by atoms with Gasteiger partial charge in [0, 0.05) is 49.8 Å². The smallest absolute Gasteiger partial charge is 0.407 e. The molecule has 0 bridgehead atoms. The monoisotopic (exact) mass is 617 g/mol. The van der Waals surface area contributed by atoms with E-state index in [4.69, 9.17) is 14.7 Å². The van der Waals surface area contributed by atoms with Gasteiger partial charge in [0.05, 0.1) is 6.61 Å². The highest BCUT2D eigenvalue weighted by molar-refractivity contribution is 5.80. The number of anilines is 3. The van der Waals surface area contributed by atoms with E-state index < -0.39 is 18.1 Å². The van der Waals surface area contributed by atoms with Crippen molar-refractivity contribution in [2.75, 3.05) is 48.3 Å². The Bertz CT molecular complexity index is 1440. The number of rotatable bonds is 10. The molecule has 4 heterocycles. The summed E-state index contributed by atoms with van der Waals surface area (Å²) < 4.78 is 5.24. The number of alkyl carbamates (subject to hydrolysis) is 1. The molecule has 11 nitrogen and oxygen atoms in total. The summed E-state index contributed by atoms with van der Waals surface area (Å²) in [5.74, 6) is 2.23. The number of pyridine rings is 1. The Morgan fingerprint density at radius 1 is 1.04 bits per heavy atom. The fourth-order valence-corrected chi connectivity index (χ4v) is 5.65. The van der Waals surface area contributed by atoms with Crippen molar-refractivity contribution in [2.24, 2.45) is 0 Å². The van der Waals surface area contributed by atoms with Gasteiger partial charge >= 0.3 is 12.1 Å². The van der Waals surface area contributed by atoms with Crippen LogP contribution in [0.3, 0.4) is 0 Å². The summed E-state index contributed by atoms with van der Waals surface area (Å²) in [6.45, 7) is 12.5. The van der Waals surface area contributed by atoms with E-state index in [2.05, 4.69) is 38.0 Å². The molecule has 2 aliphatic heterocycles. The molecule has 3 aromatic rings. The molecule has 0 spiro atoms. The summed E-state index contributed by atoms with van der Waals surface area (Å²) in [7, 11) is 0. The maximum absolute atomic E-state index is 12.3. The SMILES string of the molecule is CC.Cc1ccc(CCOC(=O)NC(CNc2nc(C)nc(N3CCC(c4ccc5c(n4)NCCC5)CC3)c2C)C(=O)O)cc1. The highest BCUT2D eigenvalue weighted by atomic mass is 16.5. The van der Waals surface area contributed by atoms with Gasteiger partial charge in [-0.1, -0.05) is 49.7 Å². The Labute approximate surface area is 266 Å². The molecule has 1 atom stereocenters. The first-order chi connectivity index (χ1) is 21.8. The first-order valence-corrected chi connectivity index (χ1v) is 16.1. The van der Waals surface area contributed by atoms with Gasteiger partial charge < -0.3 is 30.7 Å². The normalized spacial score (nSPS) is 15.1. The number of ether oxygens (including phenoxy) is 1. The Hall–Kier alpha value is -4.41. The molecule has 11 heteroatoms. The highest BCUT2D eigenvalue weighted by Gasteiger charge is 2.26. The second-order valence-electron chi connectivity index (χ2n) is 11.4. The first-order valence-electron chi connectivity index (χ1n) is 16.1. The van der Waals surface area contributed by atoms with Gasteiger partial charge in [-0.3, -0.25) is 0 Å². The zero-order chi connectivity index (χ0) is 32.3. The van der Waals surface area contributed by atoms with Crippen molar-refractivity contribution in [3.63, 3.8) is 0 Å². The number of carbonyl (C=O) groups is 2. The van der Waals surface area contributed by atoms with Crippen molar-refractivity contribution >= 4 is 29.5 Å². The average molecular weight is 618 g/mol. The minimum absolute atomic E-state index is 0.0563. The zero-order valence-corrected chi connectivity index (χ0v) is 27.2. The molecule has 5 rings (SSSR count). The van der Waals surface area contributed by atoms with Crippen molar-refractivity contribution in [1.82, 2.24) is 20.3 Å². The minimum atomic E-state index is -1.20. The topological polar surface area (TPSA) is 142 Å². The summed E-state index contributed by atoms with van der Waals surface area (Å²) in [6, 6.07) is 11.2. The molecule has 0 radical (unpaired) electrons. The molecular formula is C34H47N7O4. The number of nitrogens with zero attached hydrogens (tertiary/aromatic N) is 4. The van der Waals surface area contributed by atoms with E-state index >= 15 is 0 Å². The largest absolute Gasteiger partial charge is 0.480 e. The van der Waals surface area contributed by atoms with Crippen LogP contribution >= 0.6 is 0 Å². The zero-order valence-electron chi connectivity index (χ0n) is 27.2. The molecule has 4 N–H and O–H groups in total. The Morgan fingerprint density at radius 2 is 1.78 bits per heavy atom. The number of fused-ring (bicyclic) bond motifs is 1. The predicted octanol–water partition coefficient (Wildman–Crippen LogP) is 5.40.